The molecule has 0 aliphatic carbocycles. The van der Waals surface area contributed by atoms with Crippen LogP contribution in [0, 0.1) is 0 Å². The van der Waals surface area contributed by atoms with Gasteiger partial charge in [-0.15, -0.1) is 0 Å². The molecule has 2 heterocycles. The summed E-state index contributed by atoms with van der Waals surface area (Å²) in [6, 6.07) is 6.74. The first-order chi connectivity index (χ1) is 10.2. The third-order valence-electron chi connectivity index (χ3n) is 4.39. The Labute approximate surface area is 126 Å². The third-order valence-corrected chi connectivity index (χ3v) is 4.39. The van der Waals surface area contributed by atoms with Gasteiger partial charge < -0.3 is 19.9 Å². The molecule has 2 N–H and O–H groups in total. The Morgan fingerprint density at radius 2 is 2.14 bits per heavy atom. The molecule has 1 fully saturated rings. The number of nitrogens with two attached hydrogens (primary N) is 1. The lowest BCUT2D eigenvalue weighted by Crippen LogP contribution is -2.51. The van der Waals surface area contributed by atoms with Crippen molar-refractivity contribution in [3.05, 3.63) is 23.8 Å². The van der Waals surface area contributed by atoms with Crippen LogP contribution >= 0.6 is 0 Å². The molecule has 2 aliphatic rings. The number of morpholine rings is 1. The molecule has 3 atom stereocenters. The van der Waals surface area contributed by atoms with Gasteiger partial charge in [-0.3, -0.25) is 4.90 Å². The van der Waals surface area contributed by atoms with Crippen LogP contribution in [0.2, 0.25) is 0 Å². The van der Waals surface area contributed by atoms with Crippen LogP contribution in [0.15, 0.2) is 18.2 Å². The molecule has 21 heavy (non-hydrogen) atoms. The Hall–Kier alpha value is -1.30. The minimum Gasteiger partial charge on any atom is -0.454 e. The maximum atomic E-state index is 6.09. The van der Waals surface area contributed by atoms with Crippen molar-refractivity contribution in [2.75, 3.05) is 26.5 Å². The van der Waals surface area contributed by atoms with Crippen LogP contribution in [-0.4, -0.2) is 43.5 Å². The van der Waals surface area contributed by atoms with Gasteiger partial charge >= 0.3 is 0 Å². The average molecular weight is 292 g/mol. The largest absolute Gasteiger partial charge is 0.454 e. The quantitative estimate of drug-likeness (QED) is 0.918. The molecule has 0 aromatic heterocycles. The monoisotopic (exact) mass is 292 g/mol. The summed E-state index contributed by atoms with van der Waals surface area (Å²) in [4.78, 5) is 2.48. The van der Waals surface area contributed by atoms with Gasteiger partial charge in [0.2, 0.25) is 6.79 Å². The predicted octanol–water partition coefficient (Wildman–Crippen LogP) is 1.91. The molecule has 5 heteroatoms. The second kappa shape index (κ2) is 6.22. The Kier molecular flexibility index (Phi) is 4.33. The van der Waals surface area contributed by atoms with E-state index in [4.69, 9.17) is 19.9 Å². The number of rotatable bonds is 4. The summed E-state index contributed by atoms with van der Waals surface area (Å²) in [7, 11) is 0. The minimum atomic E-state index is 0.191. The van der Waals surface area contributed by atoms with Crippen molar-refractivity contribution in [3.8, 4) is 11.5 Å². The van der Waals surface area contributed by atoms with Crippen LogP contribution in [0.4, 0.5) is 0 Å². The van der Waals surface area contributed by atoms with Crippen LogP contribution in [-0.2, 0) is 4.74 Å². The summed E-state index contributed by atoms with van der Waals surface area (Å²) in [6.07, 6.45) is 1.31. The van der Waals surface area contributed by atoms with Crippen LogP contribution in [0.3, 0.4) is 0 Å². The van der Waals surface area contributed by atoms with Gasteiger partial charge in [-0.25, -0.2) is 0 Å². The number of benzene rings is 1. The Bertz CT molecular complexity index is 494. The van der Waals surface area contributed by atoms with E-state index in [0.717, 1.165) is 31.1 Å². The Morgan fingerprint density at radius 1 is 1.33 bits per heavy atom. The fourth-order valence-corrected chi connectivity index (χ4v) is 3.19. The minimum absolute atomic E-state index is 0.191. The van der Waals surface area contributed by atoms with Gasteiger partial charge in [-0.2, -0.15) is 0 Å². The molecule has 1 saturated heterocycles. The van der Waals surface area contributed by atoms with Gasteiger partial charge in [-0.05, 0) is 31.0 Å². The molecule has 5 nitrogen and oxygen atoms in total. The maximum absolute atomic E-state index is 6.09. The lowest BCUT2D eigenvalue weighted by Gasteiger charge is -2.43. The molecule has 1 aromatic carbocycles. The molecule has 1 aromatic rings. The molecule has 0 bridgehead atoms. The fraction of sp³-hybridized carbons (Fsp3) is 0.625. The van der Waals surface area contributed by atoms with Crippen molar-refractivity contribution in [2.45, 2.75) is 38.5 Å². The molecule has 0 saturated carbocycles. The molecular weight excluding hydrogens is 268 g/mol. The van der Waals surface area contributed by atoms with Crippen LogP contribution in [0.1, 0.15) is 31.9 Å². The van der Waals surface area contributed by atoms with E-state index in [1.807, 2.05) is 6.07 Å². The third kappa shape index (κ3) is 2.86. The first-order valence-corrected chi connectivity index (χ1v) is 7.70. The summed E-state index contributed by atoms with van der Waals surface area (Å²) < 4.78 is 16.7. The van der Waals surface area contributed by atoms with Crippen molar-refractivity contribution in [1.82, 2.24) is 4.90 Å². The van der Waals surface area contributed by atoms with E-state index >= 15 is 0 Å². The van der Waals surface area contributed by atoms with Crippen molar-refractivity contribution in [3.63, 3.8) is 0 Å². The van der Waals surface area contributed by atoms with E-state index < -0.39 is 0 Å². The van der Waals surface area contributed by atoms with Crippen molar-refractivity contribution in [1.29, 1.82) is 0 Å². The van der Waals surface area contributed by atoms with Crippen molar-refractivity contribution >= 4 is 0 Å². The van der Waals surface area contributed by atoms with E-state index in [1.54, 1.807) is 0 Å². The zero-order valence-electron chi connectivity index (χ0n) is 12.7. The fourth-order valence-electron chi connectivity index (χ4n) is 3.19. The lowest BCUT2D eigenvalue weighted by atomic mass is 10.00. The number of hydrogen-bond donors (Lipinski definition) is 1. The van der Waals surface area contributed by atoms with Gasteiger partial charge in [0.15, 0.2) is 11.5 Å². The molecule has 3 rings (SSSR count). The summed E-state index contributed by atoms with van der Waals surface area (Å²) in [5, 5.41) is 0. The number of nitrogens with zero attached hydrogens (tertiary/aromatic N) is 1. The second-order valence-electron chi connectivity index (χ2n) is 5.77. The highest BCUT2D eigenvalue weighted by Crippen LogP contribution is 2.36. The van der Waals surface area contributed by atoms with Crippen LogP contribution < -0.4 is 15.2 Å². The van der Waals surface area contributed by atoms with Gasteiger partial charge in [0, 0.05) is 25.2 Å². The van der Waals surface area contributed by atoms with Gasteiger partial charge in [0.1, 0.15) is 0 Å². The first kappa shape index (κ1) is 14.6. The summed E-state index contributed by atoms with van der Waals surface area (Å²) in [5.74, 6) is 1.64. The Morgan fingerprint density at radius 3 is 2.90 bits per heavy atom. The van der Waals surface area contributed by atoms with Gasteiger partial charge in [-0.1, -0.05) is 13.0 Å². The number of fused-ring (bicyclic) bond motifs is 1. The van der Waals surface area contributed by atoms with Crippen LogP contribution in [0.5, 0.6) is 11.5 Å². The van der Waals surface area contributed by atoms with Crippen molar-refractivity contribution < 1.29 is 14.2 Å². The average Bonchev–Trinajstić information content (AvgIpc) is 2.96. The maximum Gasteiger partial charge on any atom is 0.231 e. The molecule has 2 aliphatic heterocycles. The Balaban J connectivity index is 1.86. The molecule has 3 unspecified atom stereocenters. The molecular formula is C16H24N2O3. The SMILES string of the molecule is CCC1COC(C)CN1C(CN)c1ccc2c(c1)OCO2. The highest BCUT2D eigenvalue weighted by Gasteiger charge is 2.32. The van der Waals surface area contributed by atoms with E-state index in [-0.39, 0.29) is 12.1 Å². The normalized spacial score (nSPS) is 26.8. The highest BCUT2D eigenvalue weighted by atomic mass is 16.7. The lowest BCUT2D eigenvalue weighted by molar-refractivity contribution is -0.0719. The highest BCUT2D eigenvalue weighted by molar-refractivity contribution is 5.45. The van der Waals surface area contributed by atoms with Gasteiger partial charge in [0.05, 0.1) is 12.7 Å². The standard InChI is InChI=1S/C16H24N2O3/c1-3-13-9-19-11(2)8-18(13)14(7-17)12-4-5-15-16(6-12)21-10-20-15/h4-6,11,13-14H,3,7-10,17H2,1-2H3. The summed E-state index contributed by atoms with van der Waals surface area (Å²) in [5.41, 5.74) is 7.28. The van der Waals surface area contributed by atoms with Crippen molar-refractivity contribution in [2.24, 2.45) is 5.73 Å². The predicted molar refractivity (Wildman–Crippen MR) is 80.6 cm³/mol. The summed E-state index contributed by atoms with van der Waals surface area (Å²) in [6.45, 7) is 6.89. The zero-order valence-corrected chi connectivity index (χ0v) is 12.7. The molecule has 116 valence electrons. The van der Waals surface area contributed by atoms with E-state index in [2.05, 4.69) is 30.9 Å². The van der Waals surface area contributed by atoms with Gasteiger partial charge in [0.25, 0.3) is 0 Å². The topological polar surface area (TPSA) is 57.0 Å². The zero-order chi connectivity index (χ0) is 14.8. The number of hydrogen-bond acceptors (Lipinski definition) is 5. The molecule has 0 radical (unpaired) electrons. The second-order valence-corrected chi connectivity index (χ2v) is 5.77. The smallest absolute Gasteiger partial charge is 0.231 e. The number of ether oxygens (including phenoxy) is 3. The molecule has 0 amide bonds. The first-order valence-electron chi connectivity index (χ1n) is 7.70. The van der Waals surface area contributed by atoms with E-state index in [9.17, 15) is 0 Å². The summed E-state index contributed by atoms with van der Waals surface area (Å²) >= 11 is 0. The molecule has 0 spiro atoms. The van der Waals surface area contributed by atoms with Crippen LogP contribution in [0.25, 0.3) is 0 Å². The van der Waals surface area contributed by atoms with E-state index in [0.29, 0.717) is 19.4 Å². The van der Waals surface area contributed by atoms with E-state index in [1.165, 1.54) is 5.56 Å².